The van der Waals surface area contributed by atoms with Crippen molar-refractivity contribution in [1.29, 1.82) is 0 Å². The molecule has 0 aliphatic heterocycles. The predicted octanol–water partition coefficient (Wildman–Crippen LogP) is 1.95. The Morgan fingerprint density at radius 3 is 3.00 bits per heavy atom. The van der Waals surface area contributed by atoms with Crippen molar-refractivity contribution in [2.24, 2.45) is 10.7 Å². The molecule has 5 heteroatoms. The third kappa shape index (κ3) is 3.34. The minimum atomic E-state index is -0.463. The van der Waals surface area contributed by atoms with E-state index in [0.717, 1.165) is 34.9 Å². The van der Waals surface area contributed by atoms with Crippen molar-refractivity contribution in [3.8, 4) is 0 Å². The number of amidine groups is 1. The smallest absolute Gasteiger partial charge is 0.101 e. The van der Waals surface area contributed by atoms with Crippen LogP contribution in [-0.2, 0) is 6.42 Å². The average molecular weight is 293 g/mol. The van der Waals surface area contributed by atoms with Crippen LogP contribution in [0.1, 0.15) is 24.1 Å². The number of aliphatic hydroxyl groups excluding tert-OH is 1. The standard InChI is InChI=1S/C15H23N3OS/c1-10(18(2)6-7-20-3)17-12-5-4-11-8-14(19)15(16)13(11)9-12/h4-5,9,14-15,19H,6-8,16H2,1-3H3/t14-,15-/m1/s1. The molecule has 0 spiro atoms. The molecule has 1 aromatic rings. The molecule has 0 saturated heterocycles. The molecule has 20 heavy (non-hydrogen) atoms. The number of thioether (sulfide) groups is 1. The molecule has 110 valence electrons. The van der Waals surface area contributed by atoms with Crippen LogP contribution in [0.4, 0.5) is 5.69 Å². The second kappa shape index (κ2) is 6.61. The van der Waals surface area contributed by atoms with Crippen LogP contribution in [0.2, 0.25) is 0 Å². The second-order valence-electron chi connectivity index (χ2n) is 5.25. The van der Waals surface area contributed by atoms with Crippen LogP contribution in [0.3, 0.4) is 0 Å². The lowest BCUT2D eigenvalue weighted by Gasteiger charge is -2.18. The number of hydrogen-bond acceptors (Lipinski definition) is 4. The van der Waals surface area contributed by atoms with Gasteiger partial charge < -0.3 is 15.7 Å². The van der Waals surface area contributed by atoms with Crippen molar-refractivity contribution in [2.45, 2.75) is 25.5 Å². The first kappa shape index (κ1) is 15.4. The zero-order valence-electron chi connectivity index (χ0n) is 12.3. The summed E-state index contributed by atoms with van der Waals surface area (Å²) in [5, 5.41) is 9.81. The first-order valence-corrected chi connectivity index (χ1v) is 8.24. The summed E-state index contributed by atoms with van der Waals surface area (Å²) in [5.41, 5.74) is 9.07. The summed E-state index contributed by atoms with van der Waals surface area (Å²) >= 11 is 1.83. The summed E-state index contributed by atoms with van der Waals surface area (Å²) in [6, 6.07) is 5.74. The molecule has 0 heterocycles. The molecular weight excluding hydrogens is 270 g/mol. The molecule has 0 amide bonds. The van der Waals surface area contributed by atoms with Gasteiger partial charge in [-0.1, -0.05) is 6.07 Å². The molecule has 0 aromatic heterocycles. The average Bonchev–Trinajstić information content (AvgIpc) is 2.71. The van der Waals surface area contributed by atoms with Gasteiger partial charge in [0, 0.05) is 25.8 Å². The fraction of sp³-hybridized carbons (Fsp3) is 0.533. The maximum Gasteiger partial charge on any atom is 0.101 e. The third-order valence-corrected chi connectivity index (χ3v) is 4.40. The molecule has 0 saturated carbocycles. The molecular formula is C15H23N3OS. The molecule has 2 atom stereocenters. The van der Waals surface area contributed by atoms with Gasteiger partial charge in [-0.25, -0.2) is 4.99 Å². The Labute approximate surface area is 125 Å². The van der Waals surface area contributed by atoms with Gasteiger partial charge in [-0.15, -0.1) is 0 Å². The van der Waals surface area contributed by atoms with E-state index in [4.69, 9.17) is 5.73 Å². The topological polar surface area (TPSA) is 61.8 Å². The highest BCUT2D eigenvalue weighted by Gasteiger charge is 2.27. The van der Waals surface area contributed by atoms with E-state index in [-0.39, 0.29) is 6.04 Å². The number of nitrogens with zero attached hydrogens (tertiary/aromatic N) is 2. The number of nitrogens with two attached hydrogens (primary N) is 1. The van der Waals surface area contributed by atoms with Gasteiger partial charge in [-0.05, 0) is 36.4 Å². The zero-order chi connectivity index (χ0) is 14.7. The Hall–Kier alpha value is -1.04. The van der Waals surface area contributed by atoms with E-state index in [9.17, 15) is 5.11 Å². The van der Waals surface area contributed by atoms with Crippen LogP contribution < -0.4 is 5.73 Å². The summed E-state index contributed by atoms with van der Waals surface area (Å²) in [5.74, 6) is 2.08. The van der Waals surface area contributed by atoms with Crippen molar-refractivity contribution < 1.29 is 5.11 Å². The van der Waals surface area contributed by atoms with Crippen molar-refractivity contribution in [3.05, 3.63) is 29.3 Å². The lowest BCUT2D eigenvalue weighted by atomic mass is 10.1. The van der Waals surface area contributed by atoms with Crippen LogP contribution in [0, 0.1) is 0 Å². The Bertz CT molecular complexity index is 504. The van der Waals surface area contributed by atoms with Crippen LogP contribution in [0.15, 0.2) is 23.2 Å². The fourth-order valence-corrected chi connectivity index (χ4v) is 2.83. The van der Waals surface area contributed by atoms with E-state index in [1.54, 1.807) is 0 Å². The molecule has 0 unspecified atom stereocenters. The van der Waals surface area contributed by atoms with Gasteiger partial charge in [0.25, 0.3) is 0 Å². The normalized spacial score (nSPS) is 21.9. The summed E-state index contributed by atoms with van der Waals surface area (Å²) in [6.45, 7) is 3.00. The Morgan fingerprint density at radius 2 is 2.30 bits per heavy atom. The van der Waals surface area contributed by atoms with Crippen molar-refractivity contribution in [2.75, 3.05) is 25.6 Å². The maximum absolute atomic E-state index is 9.81. The first-order valence-electron chi connectivity index (χ1n) is 6.84. The molecule has 0 fully saturated rings. The van der Waals surface area contributed by atoms with Gasteiger partial charge >= 0.3 is 0 Å². The van der Waals surface area contributed by atoms with E-state index in [2.05, 4.69) is 23.2 Å². The summed E-state index contributed by atoms with van der Waals surface area (Å²) in [6.07, 6.45) is 2.29. The van der Waals surface area contributed by atoms with Gasteiger partial charge in [-0.2, -0.15) is 11.8 Å². The molecule has 2 rings (SSSR count). The van der Waals surface area contributed by atoms with Crippen LogP contribution in [0.5, 0.6) is 0 Å². The van der Waals surface area contributed by atoms with E-state index in [1.807, 2.05) is 36.9 Å². The van der Waals surface area contributed by atoms with Gasteiger partial charge in [0.2, 0.25) is 0 Å². The highest BCUT2D eigenvalue weighted by Crippen LogP contribution is 2.32. The summed E-state index contributed by atoms with van der Waals surface area (Å²) in [7, 11) is 2.05. The lowest BCUT2D eigenvalue weighted by Crippen LogP contribution is -2.26. The fourth-order valence-electron chi connectivity index (χ4n) is 2.37. The number of hydrogen-bond donors (Lipinski definition) is 2. The summed E-state index contributed by atoms with van der Waals surface area (Å²) in [4.78, 5) is 6.80. The third-order valence-electron chi connectivity index (χ3n) is 3.81. The zero-order valence-corrected chi connectivity index (χ0v) is 13.2. The van der Waals surface area contributed by atoms with Crippen LogP contribution in [-0.4, -0.2) is 47.5 Å². The van der Waals surface area contributed by atoms with Crippen molar-refractivity contribution in [3.63, 3.8) is 0 Å². The lowest BCUT2D eigenvalue weighted by molar-refractivity contribution is 0.158. The van der Waals surface area contributed by atoms with Crippen LogP contribution >= 0.6 is 11.8 Å². The first-order chi connectivity index (χ1) is 9.52. The molecule has 1 aliphatic carbocycles. The number of rotatable bonds is 4. The van der Waals surface area contributed by atoms with Gasteiger partial charge in [0.1, 0.15) is 5.84 Å². The van der Waals surface area contributed by atoms with Gasteiger partial charge in [0.05, 0.1) is 17.8 Å². The number of aliphatic imine (C=N–C) groups is 1. The highest BCUT2D eigenvalue weighted by atomic mass is 32.2. The van der Waals surface area contributed by atoms with Crippen molar-refractivity contribution in [1.82, 2.24) is 4.90 Å². The van der Waals surface area contributed by atoms with E-state index >= 15 is 0 Å². The highest BCUT2D eigenvalue weighted by molar-refractivity contribution is 7.98. The molecule has 0 radical (unpaired) electrons. The maximum atomic E-state index is 9.81. The predicted molar refractivity (Wildman–Crippen MR) is 86.9 cm³/mol. The SMILES string of the molecule is CSCCN(C)C(C)=Nc1ccc2c(c1)[C@@H](N)[C@H](O)C2. The van der Waals surface area contributed by atoms with Crippen molar-refractivity contribution >= 4 is 23.3 Å². The minimum absolute atomic E-state index is 0.283. The molecule has 3 N–H and O–H groups in total. The van der Waals surface area contributed by atoms with Gasteiger partial charge in [-0.3, -0.25) is 0 Å². The van der Waals surface area contributed by atoms with Gasteiger partial charge in [0.15, 0.2) is 0 Å². The Kier molecular flexibility index (Phi) is 5.07. The number of aliphatic hydroxyl groups is 1. The van der Waals surface area contributed by atoms with E-state index in [1.165, 1.54) is 0 Å². The van der Waals surface area contributed by atoms with Crippen LogP contribution in [0.25, 0.3) is 0 Å². The largest absolute Gasteiger partial charge is 0.391 e. The number of fused-ring (bicyclic) bond motifs is 1. The molecule has 1 aliphatic rings. The monoisotopic (exact) mass is 293 g/mol. The van der Waals surface area contributed by atoms with E-state index < -0.39 is 6.10 Å². The minimum Gasteiger partial charge on any atom is -0.391 e. The second-order valence-corrected chi connectivity index (χ2v) is 6.24. The molecule has 0 bridgehead atoms. The Balaban J connectivity index is 2.15. The number of benzene rings is 1. The summed E-state index contributed by atoms with van der Waals surface area (Å²) < 4.78 is 0. The quantitative estimate of drug-likeness (QED) is 0.658. The Morgan fingerprint density at radius 1 is 1.55 bits per heavy atom. The molecule has 4 nitrogen and oxygen atoms in total. The van der Waals surface area contributed by atoms with E-state index in [0.29, 0.717) is 6.42 Å². The molecule has 1 aromatic carbocycles.